The smallest absolute Gasteiger partial charge is 0.180 e. The van der Waals surface area contributed by atoms with E-state index < -0.39 is 0 Å². The Bertz CT molecular complexity index is 542. The molecule has 0 aliphatic heterocycles. The molecule has 3 nitrogen and oxygen atoms in total. The minimum Gasteiger partial charge on any atom is -0.375 e. The van der Waals surface area contributed by atoms with Gasteiger partial charge in [-0.3, -0.25) is 4.90 Å². The van der Waals surface area contributed by atoms with Gasteiger partial charge in [0.25, 0.3) is 0 Å². The fourth-order valence-electron chi connectivity index (χ4n) is 1.68. The Morgan fingerprint density at radius 3 is 2.78 bits per heavy atom. The molecular weight excluding hydrogens is 289 g/mol. The van der Waals surface area contributed by atoms with E-state index in [4.69, 9.17) is 28.9 Å². The maximum atomic E-state index is 6.16. The van der Waals surface area contributed by atoms with Gasteiger partial charge in [-0.2, -0.15) is 0 Å². The lowest BCUT2D eigenvalue weighted by Crippen LogP contribution is -2.16. The van der Waals surface area contributed by atoms with Gasteiger partial charge in [-0.15, -0.1) is 11.3 Å². The second-order valence-corrected chi connectivity index (χ2v) is 5.98. The highest BCUT2D eigenvalue weighted by atomic mass is 35.5. The normalized spacial score (nSPS) is 11.1. The van der Waals surface area contributed by atoms with Crippen LogP contribution in [0.15, 0.2) is 24.4 Å². The van der Waals surface area contributed by atoms with Crippen molar-refractivity contribution in [3.8, 4) is 0 Å². The number of nitrogens with two attached hydrogens (primary N) is 1. The third kappa shape index (κ3) is 3.36. The Morgan fingerprint density at radius 1 is 1.33 bits per heavy atom. The SMILES string of the molecule is CN(Cc1cnc(N)s1)Cc1cccc(Cl)c1Cl. The fourth-order valence-corrected chi connectivity index (χ4v) is 2.82. The molecule has 2 rings (SSSR count). The molecule has 0 aliphatic carbocycles. The van der Waals surface area contributed by atoms with Crippen molar-refractivity contribution in [1.82, 2.24) is 9.88 Å². The van der Waals surface area contributed by atoms with Crippen LogP contribution in [0.1, 0.15) is 10.4 Å². The van der Waals surface area contributed by atoms with Crippen LogP contribution in [0.3, 0.4) is 0 Å². The molecule has 0 bridgehead atoms. The summed E-state index contributed by atoms with van der Waals surface area (Å²) < 4.78 is 0. The van der Waals surface area contributed by atoms with Crippen molar-refractivity contribution in [1.29, 1.82) is 0 Å². The highest BCUT2D eigenvalue weighted by molar-refractivity contribution is 7.15. The third-order valence-corrected chi connectivity index (χ3v) is 4.14. The second-order valence-electron chi connectivity index (χ2n) is 4.05. The number of benzene rings is 1. The van der Waals surface area contributed by atoms with Crippen LogP contribution in [0.25, 0.3) is 0 Å². The van der Waals surface area contributed by atoms with Crippen molar-refractivity contribution in [2.24, 2.45) is 0 Å². The molecule has 0 saturated heterocycles. The zero-order valence-corrected chi connectivity index (χ0v) is 12.2. The molecule has 96 valence electrons. The van der Waals surface area contributed by atoms with Gasteiger partial charge >= 0.3 is 0 Å². The summed E-state index contributed by atoms with van der Waals surface area (Å²) in [6, 6.07) is 5.67. The highest BCUT2D eigenvalue weighted by Gasteiger charge is 2.09. The number of nitrogens with zero attached hydrogens (tertiary/aromatic N) is 2. The van der Waals surface area contributed by atoms with Crippen molar-refractivity contribution in [3.63, 3.8) is 0 Å². The largest absolute Gasteiger partial charge is 0.375 e. The number of aromatic nitrogens is 1. The van der Waals surface area contributed by atoms with Gasteiger partial charge in [0.15, 0.2) is 5.13 Å². The molecule has 0 spiro atoms. The minimum atomic E-state index is 0.588. The van der Waals surface area contributed by atoms with Crippen molar-refractivity contribution >= 4 is 39.7 Å². The molecule has 1 aromatic carbocycles. The summed E-state index contributed by atoms with van der Waals surface area (Å²) in [5.41, 5.74) is 6.62. The van der Waals surface area contributed by atoms with Crippen LogP contribution in [-0.2, 0) is 13.1 Å². The van der Waals surface area contributed by atoms with E-state index in [1.54, 1.807) is 12.3 Å². The minimum absolute atomic E-state index is 0.588. The van der Waals surface area contributed by atoms with Gasteiger partial charge in [-0.05, 0) is 18.7 Å². The van der Waals surface area contributed by atoms with E-state index in [0.29, 0.717) is 15.2 Å². The first kappa shape index (κ1) is 13.6. The van der Waals surface area contributed by atoms with Gasteiger partial charge < -0.3 is 5.73 Å². The summed E-state index contributed by atoms with van der Waals surface area (Å²) in [5.74, 6) is 0. The van der Waals surface area contributed by atoms with Crippen LogP contribution in [0, 0.1) is 0 Å². The Hall–Kier alpha value is -0.810. The predicted molar refractivity (Wildman–Crippen MR) is 78.2 cm³/mol. The van der Waals surface area contributed by atoms with E-state index >= 15 is 0 Å². The number of hydrogen-bond acceptors (Lipinski definition) is 4. The maximum absolute atomic E-state index is 6.16. The van der Waals surface area contributed by atoms with Gasteiger partial charge in [-0.1, -0.05) is 35.3 Å². The van der Waals surface area contributed by atoms with Crippen molar-refractivity contribution in [2.45, 2.75) is 13.1 Å². The zero-order valence-electron chi connectivity index (χ0n) is 9.86. The molecule has 2 N–H and O–H groups in total. The monoisotopic (exact) mass is 301 g/mol. The molecular formula is C12H13Cl2N3S. The van der Waals surface area contributed by atoms with E-state index in [1.165, 1.54) is 11.3 Å². The lowest BCUT2D eigenvalue weighted by Gasteiger charge is -2.16. The van der Waals surface area contributed by atoms with Gasteiger partial charge in [-0.25, -0.2) is 4.98 Å². The van der Waals surface area contributed by atoms with Crippen LogP contribution in [-0.4, -0.2) is 16.9 Å². The van der Waals surface area contributed by atoms with E-state index in [9.17, 15) is 0 Å². The molecule has 2 aromatic rings. The molecule has 0 unspecified atom stereocenters. The summed E-state index contributed by atoms with van der Waals surface area (Å²) in [6.45, 7) is 1.52. The van der Waals surface area contributed by atoms with Crippen molar-refractivity contribution < 1.29 is 0 Å². The molecule has 0 aliphatic rings. The number of thiazole rings is 1. The average Bonchev–Trinajstić information content (AvgIpc) is 2.70. The molecule has 0 atom stereocenters. The van der Waals surface area contributed by atoms with Gasteiger partial charge in [0, 0.05) is 24.2 Å². The lowest BCUT2D eigenvalue weighted by molar-refractivity contribution is 0.322. The molecule has 0 amide bonds. The Labute approximate surface area is 120 Å². The summed E-state index contributed by atoms with van der Waals surface area (Å²) in [7, 11) is 2.02. The quantitative estimate of drug-likeness (QED) is 0.937. The Balaban J connectivity index is 2.03. The molecule has 1 heterocycles. The maximum Gasteiger partial charge on any atom is 0.180 e. The molecule has 18 heavy (non-hydrogen) atoms. The number of rotatable bonds is 4. The molecule has 1 aromatic heterocycles. The number of anilines is 1. The Kier molecular flexibility index (Phi) is 4.45. The van der Waals surface area contributed by atoms with Crippen molar-refractivity contribution in [2.75, 3.05) is 12.8 Å². The van der Waals surface area contributed by atoms with E-state index in [-0.39, 0.29) is 0 Å². The topological polar surface area (TPSA) is 42.2 Å². The highest BCUT2D eigenvalue weighted by Crippen LogP contribution is 2.26. The van der Waals surface area contributed by atoms with E-state index in [0.717, 1.165) is 23.5 Å². The van der Waals surface area contributed by atoms with Crippen LogP contribution in [0.5, 0.6) is 0 Å². The van der Waals surface area contributed by atoms with Crippen molar-refractivity contribution in [3.05, 3.63) is 44.9 Å². The predicted octanol–water partition coefficient (Wildman–Crippen LogP) is 3.66. The lowest BCUT2D eigenvalue weighted by atomic mass is 10.2. The summed E-state index contributed by atoms with van der Waals surface area (Å²) in [4.78, 5) is 7.31. The molecule has 0 fully saturated rings. The second kappa shape index (κ2) is 5.89. The first-order chi connectivity index (χ1) is 8.56. The van der Waals surface area contributed by atoms with Gasteiger partial charge in [0.05, 0.1) is 10.0 Å². The number of halogens is 2. The molecule has 6 heteroatoms. The third-order valence-electron chi connectivity index (χ3n) is 2.47. The average molecular weight is 302 g/mol. The van der Waals surface area contributed by atoms with Crippen LogP contribution < -0.4 is 5.73 Å². The van der Waals surface area contributed by atoms with E-state index in [1.807, 2.05) is 19.2 Å². The van der Waals surface area contributed by atoms with Gasteiger partial charge in [0.2, 0.25) is 0 Å². The number of nitrogen functional groups attached to an aromatic ring is 1. The fraction of sp³-hybridized carbons (Fsp3) is 0.250. The van der Waals surface area contributed by atoms with E-state index in [2.05, 4.69) is 9.88 Å². The summed E-state index contributed by atoms with van der Waals surface area (Å²) in [5, 5.41) is 1.80. The van der Waals surface area contributed by atoms with Crippen LogP contribution >= 0.6 is 34.5 Å². The Morgan fingerprint density at radius 2 is 2.11 bits per heavy atom. The summed E-state index contributed by atoms with van der Waals surface area (Å²) >= 11 is 13.6. The zero-order chi connectivity index (χ0) is 13.1. The molecule has 0 saturated carbocycles. The standard InChI is InChI=1S/C12H13Cl2N3S/c1-17(7-9-5-16-12(15)18-9)6-8-3-2-4-10(13)11(8)14/h2-5H,6-7H2,1H3,(H2,15,16). The van der Waals surface area contributed by atoms with Crippen LogP contribution in [0.2, 0.25) is 10.0 Å². The molecule has 0 radical (unpaired) electrons. The first-order valence-corrected chi connectivity index (χ1v) is 6.95. The van der Waals surface area contributed by atoms with Crippen LogP contribution in [0.4, 0.5) is 5.13 Å². The summed E-state index contributed by atoms with van der Waals surface area (Å²) in [6.07, 6.45) is 1.80. The number of hydrogen-bond donors (Lipinski definition) is 1. The van der Waals surface area contributed by atoms with Gasteiger partial charge in [0.1, 0.15) is 0 Å². The first-order valence-electron chi connectivity index (χ1n) is 5.38.